The largest absolute Gasteiger partial charge is 0.472 e. The maximum atomic E-state index is 13.0. The van der Waals surface area contributed by atoms with Gasteiger partial charge in [-0.3, -0.25) is 37.3 Å². The number of ether oxygens (including phenoxy) is 4. The molecule has 89 heavy (non-hydrogen) atoms. The molecule has 0 rings (SSSR count). The van der Waals surface area contributed by atoms with Crippen LogP contribution in [0.4, 0.5) is 0 Å². The van der Waals surface area contributed by atoms with E-state index in [1.807, 2.05) is 0 Å². The first-order chi connectivity index (χ1) is 42.6. The molecule has 528 valence electrons. The minimum Gasteiger partial charge on any atom is -0.462 e. The minimum absolute atomic E-state index is 0.102. The van der Waals surface area contributed by atoms with Crippen LogP contribution in [-0.4, -0.2) is 96.7 Å². The lowest BCUT2D eigenvalue weighted by atomic mass is 10.0. The van der Waals surface area contributed by atoms with Crippen LogP contribution >= 0.6 is 15.6 Å². The summed E-state index contributed by atoms with van der Waals surface area (Å²) >= 11 is 0. The van der Waals surface area contributed by atoms with Gasteiger partial charge >= 0.3 is 39.5 Å². The highest BCUT2D eigenvalue weighted by Crippen LogP contribution is 2.45. The molecule has 5 atom stereocenters. The van der Waals surface area contributed by atoms with Gasteiger partial charge in [-0.1, -0.05) is 293 Å². The molecule has 3 N–H and O–H groups in total. The van der Waals surface area contributed by atoms with Gasteiger partial charge in [0.15, 0.2) is 12.2 Å². The number of aliphatic hydroxyl groups excluding tert-OH is 1. The Morgan fingerprint density at radius 1 is 0.281 bits per heavy atom. The molecule has 0 aromatic carbocycles. The summed E-state index contributed by atoms with van der Waals surface area (Å²) in [5.41, 5.74) is 0. The van der Waals surface area contributed by atoms with E-state index in [1.54, 1.807) is 0 Å². The molecule has 0 aromatic heterocycles. The first-order valence-corrected chi connectivity index (χ1v) is 39.2. The van der Waals surface area contributed by atoms with Gasteiger partial charge in [0.25, 0.3) is 0 Å². The molecule has 0 amide bonds. The second-order valence-electron chi connectivity index (χ2n) is 27.2. The maximum Gasteiger partial charge on any atom is 0.472 e. The number of carbonyl (C=O) groups excluding carboxylic acids is 4. The predicted octanol–water partition coefficient (Wildman–Crippen LogP) is 19.7. The second kappa shape index (κ2) is 59.8. The third-order valence-corrected chi connectivity index (χ3v) is 18.0. The zero-order valence-corrected chi connectivity index (χ0v) is 59.8. The molecule has 0 spiro atoms. The number of phosphoric acid groups is 2. The van der Waals surface area contributed by atoms with E-state index in [0.29, 0.717) is 43.4 Å². The van der Waals surface area contributed by atoms with E-state index in [9.17, 15) is 43.2 Å². The molecule has 0 saturated heterocycles. The Labute approximate surface area is 543 Å². The fourth-order valence-electron chi connectivity index (χ4n) is 10.5. The van der Waals surface area contributed by atoms with Gasteiger partial charge < -0.3 is 33.8 Å². The van der Waals surface area contributed by atoms with Gasteiger partial charge in [0, 0.05) is 25.7 Å². The molecule has 0 aliphatic rings. The second-order valence-corrected chi connectivity index (χ2v) is 30.1. The lowest BCUT2D eigenvalue weighted by Gasteiger charge is -2.21. The van der Waals surface area contributed by atoms with Crippen molar-refractivity contribution in [2.45, 2.75) is 363 Å². The Balaban J connectivity index is 5.13. The van der Waals surface area contributed by atoms with Gasteiger partial charge in [-0.25, -0.2) is 9.13 Å². The van der Waals surface area contributed by atoms with Crippen molar-refractivity contribution in [1.82, 2.24) is 0 Å². The highest BCUT2D eigenvalue weighted by Gasteiger charge is 2.30. The van der Waals surface area contributed by atoms with E-state index < -0.39 is 97.5 Å². The Bertz CT molecular complexity index is 1760. The zero-order chi connectivity index (χ0) is 66.1. The van der Waals surface area contributed by atoms with Gasteiger partial charge in [-0.05, 0) is 49.4 Å². The van der Waals surface area contributed by atoms with Gasteiger partial charge in [0.2, 0.25) is 0 Å². The third-order valence-electron chi connectivity index (χ3n) is 16.1. The smallest absolute Gasteiger partial charge is 0.462 e. The Morgan fingerprint density at radius 2 is 0.472 bits per heavy atom. The van der Waals surface area contributed by atoms with E-state index in [4.69, 9.17) is 37.0 Å². The van der Waals surface area contributed by atoms with Crippen LogP contribution in [0, 0.1) is 23.7 Å². The number of carbonyl (C=O) groups is 4. The Morgan fingerprint density at radius 3 is 0.697 bits per heavy atom. The first-order valence-electron chi connectivity index (χ1n) is 36.2. The van der Waals surface area contributed by atoms with E-state index in [1.165, 1.54) is 135 Å². The van der Waals surface area contributed by atoms with Crippen LogP contribution in [0.25, 0.3) is 0 Å². The predicted molar refractivity (Wildman–Crippen MR) is 358 cm³/mol. The summed E-state index contributed by atoms with van der Waals surface area (Å²) in [5, 5.41) is 10.6. The summed E-state index contributed by atoms with van der Waals surface area (Å²) in [6.45, 7) is 13.9. The van der Waals surface area contributed by atoms with Crippen LogP contribution in [0.2, 0.25) is 0 Å². The molecule has 0 saturated carbocycles. The molecule has 0 aliphatic heterocycles. The number of aliphatic hydroxyl groups is 1. The number of hydrogen-bond acceptors (Lipinski definition) is 15. The molecule has 0 bridgehead atoms. The number of unbranched alkanes of at least 4 members (excludes halogenated alkanes) is 33. The Hall–Kier alpha value is -1.94. The number of rotatable bonds is 67. The van der Waals surface area contributed by atoms with Crippen molar-refractivity contribution in [3.8, 4) is 0 Å². The molecule has 0 heterocycles. The van der Waals surface area contributed by atoms with Crippen LogP contribution < -0.4 is 0 Å². The third kappa shape index (κ3) is 64.6. The van der Waals surface area contributed by atoms with Crippen molar-refractivity contribution >= 4 is 39.5 Å². The standard InChI is InChI=1S/C70H136O17P2/c1-60(2)46-38-30-22-19-17-15-13-11-9-10-12-14-16-18-20-24-36-44-52-69(74)86-65(56-80-67(72)50-42-34-28-26-32-40-48-62(5)6)58-84-88(76,77)82-54-64(71)55-83-89(78,79)85-59-66(57-81-68(73)51-43-35-29-27-33-41-49-63(7)8)87-70(75)53-45-37-25-21-23-31-39-47-61(3)4/h60-66,71H,9-59H2,1-8H3,(H,76,77)(H,78,79)/t64?,65-,66-/m1/s1. The summed E-state index contributed by atoms with van der Waals surface area (Å²) in [6, 6.07) is 0. The molecule has 0 radical (unpaired) electrons. The summed E-state index contributed by atoms with van der Waals surface area (Å²) in [6.07, 6.45) is 42.3. The van der Waals surface area contributed by atoms with Crippen molar-refractivity contribution in [2.75, 3.05) is 39.6 Å². The maximum absolute atomic E-state index is 13.0. The topological polar surface area (TPSA) is 237 Å². The number of phosphoric ester groups is 2. The van der Waals surface area contributed by atoms with Crippen molar-refractivity contribution in [3.63, 3.8) is 0 Å². The fraction of sp³-hybridized carbons (Fsp3) is 0.943. The summed E-state index contributed by atoms with van der Waals surface area (Å²) < 4.78 is 68.1. The van der Waals surface area contributed by atoms with E-state index in [0.717, 1.165) is 109 Å². The van der Waals surface area contributed by atoms with Gasteiger partial charge in [-0.2, -0.15) is 0 Å². The lowest BCUT2D eigenvalue weighted by Crippen LogP contribution is -2.30. The number of hydrogen-bond donors (Lipinski definition) is 3. The molecular formula is C70H136O17P2. The van der Waals surface area contributed by atoms with Crippen LogP contribution in [0.1, 0.15) is 344 Å². The van der Waals surface area contributed by atoms with Crippen molar-refractivity contribution in [1.29, 1.82) is 0 Å². The molecule has 19 heteroatoms. The highest BCUT2D eigenvalue weighted by atomic mass is 31.2. The summed E-state index contributed by atoms with van der Waals surface area (Å²) in [7, 11) is -9.90. The minimum atomic E-state index is -4.95. The zero-order valence-electron chi connectivity index (χ0n) is 58.1. The molecule has 0 aromatic rings. The van der Waals surface area contributed by atoms with E-state index in [-0.39, 0.29) is 25.7 Å². The lowest BCUT2D eigenvalue weighted by molar-refractivity contribution is -0.161. The summed E-state index contributed by atoms with van der Waals surface area (Å²) in [4.78, 5) is 72.3. The van der Waals surface area contributed by atoms with Crippen LogP contribution in [0.15, 0.2) is 0 Å². The van der Waals surface area contributed by atoms with Crippen molar-refractivity contribution in [2.24, 2.45) is 23.7 Å². The van der Waals surface area contributed by atoms with Crippen molar-refractivity contribution in [3.05, 3.63) is 0 Å². The van der Waals surface area contributed by atoms with E-state index >= 15 is 0 Å². The monoisotopic (exact) mass is 1310 g/mol. The van der Waals surface area contributed by atoms with Crippen LogP contribution in [-0.2, 0) is 65.4 Å². The van der Waals surface area contributed by atoms with Gasteiger partial charge in [-0.15, -0.1) is 0 Å². The first kappa shape index (κ1) is 87.1. The molecule has 17 nitrogen and oxygen atoms in total. The Kier molecular flexibility index (Phi) is 58.5. The number of esters is 4. The summed E-state index contributed by atoms with van der Waals surface area (Å²) in [5.74, 6) is 0.738. The van der Waals surface area contributed by atoms with Crippen LogP contribution in [0.3, 0.4) is 0 Å². The molecule has 0 aliphatic carbocycles. The average Bonchev–Trinajstić information content (AvgIpc) is 3.66. The van der Waals surface area contributed by atoms with Gasteiger partial charge in [0.1, 0.15) is 19.3 Å². The van der Waals surface area contributed by atoms with Crippen molar-refractivity contribution < 1.29 is 80.2 Å². The van der Waals surface area contributed by atoms with Gasteiger partial charge in [0.05, 0.1) is 26.4 Å². The normalized spacial score (nSPS) is 14.3. The highest BCUT2D eigenvalue weighted by molar-refractivity contribution is 7.47. The fourth-order valence-corrected chi connectivity index (χ4v) is 12.1. The molecular weight excluding hydrogens is 1170 g/mol. The average molecular weight is 1310 g/mol. The quantitative estimate of drug-likeness (QED) is 0.0222. The van der Waals surface area contributed by atoms with Crippen LogP contribution in [0.5, 0.6) is 0 Å². The molecule has 3 unspecified atom stereocenters. The van der Waals surface area contributed by atoms with E-state index in [2.05, 4.69) is 55.4 Å². The SMILES string of the molecule is CC(C)CCCCCCCCCCCCCCCCCCCCC(=O)O[C@H](COC(=O)CCCCCCCCC(C)C)COP(=O)(O)OCC(O)COP(=O)(O)OC[C@@H](COC(=O)CCCCCCCCC(C)C)OC(=O)CCCCCCCCCC(C)C. The molecule has 0 fully saturated rings.